The van der Waals surface area contributed by atoms with E-state index in [1.807, 2.05) is 19.1 Å². The highest BCUT2D eigenvalue weighted by atomic mass is 35.5. The average molecular weight is 312 g/mol. The van der Waals surface area contributed by atoms with E-state index in [4.69, 9.17) is 11.6 Å². The van der Waals surface area contributed by atoms with Crippen molar-refractivity contribution in [2.45, 2.75) is 13.5 Å². The normalized spacial score (nSPS) is 10.5. The lowest BCUT2D eigenvalue weighted by Gasteiger charge is -2.20. The SMILES string of the molecule is CCNc1nc(N(C)Cc2cccc(Cl)c2)c(F)cc1F. The Bertz CT molecular complexity index is 634. The van der Waals surface area contributed by atoms with Gasteiger partial charge in [0, 0.05) is 31.2 Å². The second kappa shape index (κ2) is 6.72. The Labute approximate surface area is 127 Å². The number of aromatic nitrogens is 1. The first-order chi connectivity index (χ1) is 10.0. The number of rotatable bonds is 5. The highest BCUT2D eigenvalue weighted by molar-refractivity contribution is 6.30. The molecule has 0 atom stereocenters. The molecule has 1 aromatic carbocycles. The standard InChI is InChI=1S/C15H16ClF2N3/c1-3-19-14-12(17)8-13(18)15(20-14)21(2)9-10-5-4-6-11(16)7-10/h4-8H,3,9H2,1-2H3,(H,19,20). The number of anilines is 2. The molecule has 0 saturated heterocycles. The van der Waals surface area contributed by atoms with Crippen molar-refractivity contribution in [3.63, 3.8) is 0 Å². The van der Waals surface area contributed by atoms with E-state index in [1.54, 1.807) is 24.1 Å². The fourth-order valence-corrected chi connectivity index (χ4v) is 2.21. The third-order valence-corrected chi connectivity index (χ3v) is 3.16. The minimum Gasteiger partial charge on any atom is -0.368 e. The molecule has 2 rings (SSSR count). The van der Waals surface area contributed by atoms with Gasteiger partial charge in [0.15, 0.2) is 23.3 Å². The molecule has 1 aromatic heterocycles. The predicted octanol–water partition coefficient (Wildman–Crippen LogP) is 4.08. The minimum atomic E-state index is -0.700. The summed E-state index contributed by atoms with van der Waals surface area (Å²) in [6, 6.07) is 8.11. The highest BCUT2D eigenvalue weighted by Crippen LogP contribution is 2.23. The van der Waals surface area contributed by atoms with Crippen molar-refractivity contribution in [2.75, 3.05) is 23.8 Å². The van der Waals surface area contributed by atoms with Crippen molar-refractivity contribution in [1.82, 2.24) is 4.98 Å². The monoisotopic (exact) mass is 311 g/mol. The van der Waals surface area contributed by atoms with Gasteiger partial charge in [0.25, 0.3) is 0 Å². The molecule has 0 spiro atoms. The first-order valence-electron chi connectivity index (χ1n) is 6.56. The Morgan fingerprint density at radius 3 is 2.67 bits per heavy atom. The molecule has 21 heavy (non-hydrogen) atoms. The molecule has 1 N–H and O–H groups in total. The van der Waals surface area contributed by atoms with E-state index in [1.165, 1.54) is 0 Å². The van der Waals surface area contributed by atoms with Gasteiger partial charge >= 0.3 is 0 Å². The molecular formula is C15H16ClF2N3. The van der Waals surface area contributed by atoms with Crippen molar-refractivity contribution in [3.05, 3.63) is 52.6 Å². The van der Waals surface area contributed by atoms with E-state index in [0.717, 1.165) is 11.6 Å². The molecule has 0 unspecified atom stereocenters. The van der Waals surface area contributed by atoms with Crippen LogP contribution in [0.4, 0.5) is 20.4 Å². The lowest BCUT2D eigenvalue weighted by molar-refractivity contribution is 0.572. The predicted molar refractivity (Wildman–Crippen MR) is 81.9 cm³/mol. The van der Waals surface area contributed by atoms with E-state index in [9.17, 15) is 8.78 Å². The molecule has 0 aliphatic carbocycles. The van der Waals surface area contributed by atoms with Crippen LogP contribution < -0.4 is 10.2 Å². The maximum absolute atomic E-state index is 13.9. The first kappa shape index (κ1) is 15.5. The van der Waals surface area contributed by atoms with Crippen LogP contribution in [0.3, 0.4) is 0 Å². The van der Waals surface area contributed by atoms with Gasteiger partial charge in [-0.1, -0.05) is 23.7 Å². The fraction of sp³-hybridized carbons (Fsp3) is 0.267. The molecular weight excluding hydrogens is 296 g/mol. The Morgan fingerprint density at radius 1 is 1.24 bits per heavy atom. The summed E-state index contributed by atoms with van der Waals surface area (Å²) in [5.74, 6) is -1.26. The molecule has 112 valence electrons. The molecule has 0 aliphatic rings. The van der Waals surface area contributed by atoms with E-state index in [2.05, 4.69) is 10.3 Å². The van der Waals surface area contributed by atoms with Crippen LogP contribution >= 0.6 is 11.6 Å². The van der Waals surface area contributed by atoms with Crippen LogP contribution in [-0.4, -0.2) is 18.6 Å². The molecule has 1 heterocycles. The quantitative estimate of drug-likeness (QED) is 0.901. The van der Waals surface area contributed by atoms with Crippen LogP contribution in [0.25, 0.3) is 0 Å². The van der Waals surface area contributed by atoms with Gasteiger partial charge < -0.3 is 10.2 Å². The third kappa shape index (κ3) is 3.82. The summed E-state index contributed by atoms with van der Waals surface area (Å²) in [6.45, 7) is 2.74. The fourth-order valence-electron chi connectivity index (χ4n) is 2.00. The number of pyridine rings is 1. The largest absolute Gasteiger partial charge is 0.368 e. The number of hydrogen-bond donors (Lipinski definition) is 1. The Kier molecular flexibility index (Phi) is 4.96. The number of nitrogens with zero attached hydrogens (tertiary/aromatic N) is 2. The maximum atomic E-state index is 13.9. The molecule has 0 fully saturated rings. The van der Waals surface area contributed by atoms with E-state index >= 15 is 0 Å². The van der Waals surface area contributed by atoms with Crippen LogP contribution in [0.2, 0.25) is 5.02 Å². The minimum absolute atomic E-state index is 0.0480. The third-order valence-electron chi connectivity index (χ3n) is 2.93. The Balaban J connectivity index is 2.26. The van der Waals surface area contributed by atoms with Crippen LogP contribution in [0.5, 0.6) is 0 Å². The van der Waals surface area contributed by atoms with E-state index < -0.39 is 11.6 Å². The molecule has 6 heteroatoms. The van der Waals surface area contributed by atoms with Gasteiger partial charge in [-0.25, -0.2) is 13.8 Å². The smallest absolute Gasteiger partial charge is 0.168 e. The van der Waals surface area contributed by atoms with Crippen molar-refractivity contribution < 1.29 is 8.78 Å². The van der Waals surface area contributed by atoms with E-state index in [-0.39, 0.29) is 11.6 Å². The molecule has 2 aromatic rings. The summed E-state index contributed by atoms with van der Waals surface area (Å²) in [5, 5.41) is 3.38. The van der Waals surface area contributed by atoms with Crippen LogP contribution in [0.1, 0.15) is 12.5 Å². The molecule has 0 aliphatic heterocycles. The average Bonchev–Trinajstić information content (AvgIpc) is 2.41. The van der Waals surface area contributed by atoms with Crippen molar-refractivity contribution >= 4 is 23.2 Å². The van der Waals surface area contributed by atoms with Crippen LogP contribution in [-0.2, 0) is 6.54 Å². The summed E-state index contributed by atoms with van der Waals surface area (Å²) >= 11 is 5.93. The van der Waals surface area contributed by atoms with Gasteiger partial charge in [-0.05, 0) is 24.6 Å². The van der Waals surface area contributed by atoms with E-state index in [0.29, 0.717) is 18.1 Å². The summed E-state index contributed by atoms with van der Waals surface area (Å²) in [5.41, 5.74) is 0.917. The number of benzene rings is 1. The lowest BCUT2D eigenvalue weighted by atomic mass is 10.2. The molecule has 0 saturated carbocycles. The van der Waals surface area contributed by atoms with Crippen molar-refractivity contribution in [2.24, 2.45) is 0 Å². The van der Waals surface area contributed by atoms with Crippen molar-refractivity contribution in [3.8, 4) is 0 Å². The van der Waals surface area contributed by atoms with Gasteiger partial charge in [-0.2, -0.15) is 0 Å². The zero-order chi connectivity index (χ0) is 15.4. The van der Waals surface area contributed by atoms with Gasteiger partial charge in [-0.3, -0.25) is 0 Å². The number of hydrogen-bond acceptors (Lipinski definition) is 3. The number of nitrogens with one attached hydrogen (secondary N) is 1. The zero-order valence-electron chi connectivity index (χ0n) is 11.8. The Hall–Kier alpha value is -1.88. The summed E-state index contributed by atoms with van der Waals surface area (Å²) < 4.78 is 27.5. The topological polar surface area (TPSA) is 28.2 Å². The van der Waals surface area contributed by atoms with Crippen LogP contribution in [0.15, 0.2) is 30.3 Å². The van der Waals surface area contributed by atoms with Gasteiger partial charge in [0.1, 0.15) is 0 Å². The molecule has 0 amide bonds. The summed E-state index contributed by atoms with van der Waals surface area (Å²) in [7, 11) is 1.69. The Morgan fingerprint density at radius 2 is 2.00 bits per heavy atom. The first-order valence-corrected chi connectivity index (χ1v) is 6.94. The molecule has 0 radical (unpaired) electrons. The molecule has 3 nitrogen and oxygen atoms in total. The lowest BCUT2D eigenvalue weighted by Crippen LogP contribution is -2.20. The van der Waals surface area contributed by atoms with Gasteiger partial charge in [0.2, 0.25) is 0 Å². The van der Waals surface area contributed by atoms with Gasteiger partial charge in [0.05, 0.1) is 0 Å². The van der Waals surface area contributed by atoms with Crippen LogP contribution in [0, 0.1) is 11.6 Å². The molecule has 0 bridgehead atoms. The second-order valence-corrected chi connectivity index (χ2v) is 5.08. The zero-order valence-corrected chi connectivity index (χ0v) is 12.6. The maximum Gasteiger partial charge on any atom is 0.168 e. The number of halogens is 3. The summed E-state index contributed by atoms with van der Waals surface area (Å²) in [6.07, 6.45) is 0. The summed E-state index contributed by atoms with van der Waals surface area (Å²) in [4.78, 5) is 5.62. The highest BCUT2D eigenvalue weighted by Gasteiger charge is 2.15. The van der Waals surface area contributed by atoms with Crippen molar-refractivity contribution in [1.29, 1.82) is 0 Å². The van der Waals surface area contributed by atoms with Gasteiger partial charge in [-0.15, -0.1) is 0 Å². The second-order valence-electron chi connectivity index (χ2n) is 4.64.